The molecule has 1 aliphatic rings. The molecule has 0 saturated carbocycles. The van der Waals surface area contributed by atoms with Crippen molar-refractivity contribution in [3.63, 3.8) is 0 Å². The molecule has 2 aromatic heterocycles. The van der Waals surface area contributed by atoms with Gasteiger partial charge in [0.1, 0.15) is 0 Å². The predicted molar refractivity (Wildman–Crippen MR) is 85.2 cm³/mol. The van der Waals surface area contributed by atoms with E-state index >= 15 is 0 Å². The largest absolute Gasteiger partial charge is 0.303 e. The minimum atomic E-state index is 0.757. The molecule has 1 aliphatic heterocycles. The molecule has 2 aromatic rings. The Labute approximate surface area is 130 Å². The van der Waals surface area contributed by atoms with Gasteiger partial charge in [0.2, 0.25) is 0 Å². The van der Waals surface area contributed by atoms with Gasteiger partial charge in [-0.1, -0.05) is 6.92 Å². The third kappa shape index (κ3) is 3.06. The average Bonchev–Trinajstić information content (AvgIpc) is 2.77. The van der Waals surface area contributed by atoms with E-state index in [2.05, 4.69) is 16.8 Å². The van der Waals surface area contributed by atoms with Crippen LogP contribution in [0.1, 0.15) is 19.8 Å². The lowest BCUT2D eigenvalue weighted by Gasteiger charge is -2.30. The van der Waals surface area contributed by atoms with Crippen molar-refractivity contribution in [2.45, 2.75) is 26.4 Å². The van der Waals surface area contributed by atoms with E-state index in [1.165, 1.54) is 12.8 Å². The fourth-order valence-electron chi connectivity index (χ4n) is 2.93. The monoisotopic (exact) mass is 303 g/mol. The van der Waals surface area contributed by atoms with Crippen LogP contribution in [0.4, 0.5) is 0 Å². The molecule has 0 unspecified atom stereocenters. The first-order valence-corrected chi connectivity index (χ1v) is 7.82. The summed E-state index contributed by atoms with van der Waals surface area (Å²) in [7, 11) is 1.97. The maximum Gasteiger partial charge on any atom is 0.199 e. The van der Waals surface area contributed by atoms with Gasteiger partial charge in [0.25, 0.3) is 0 Å². The minimum absolute atomic E-state index is 0.757. The first-order valence-electron chi connectivity index (χ1n) is 7.41. The maximum absolute atomic E-state index is 5.53. The van der Waals surface area contributed by atoms with Crippen LogP contribution in [0.5, 0.6) is 0 Å². The van der Waals surface area contributed by atoms with Crippen molar-refractivity contribution in [2.24, 2.45) is 13.0 Å². The molecule has 0 bridgehead atoms. The van der Waals surface area contributed by atoms with E-state index in [9.17, 15) is 0 Å². The summed E-state index contributed by atoms with van der Waals surface area (Å²) in [4.78, 5) is 6.59. The van der Waals surface area contributed by atoms with Crippen LogP contribution in [-0.2, 0) is 13.7 Å². The Kier molecular flexibility index (Phi) is 4.17. The van der Waals surface area contributed by atoms with Crippen LogP contribution in [0.2, 0.25) is 0 Å². The van der Waals surface area contributed by atoms with Crippen molar-refractivity contribution in [1.82, 2.24) is 24.2 Å². The van der Waals surface area contributed by atoms with Gasteiger partial charge < -0.3 is 4.57 Å². The Hall–Kier alpha value is -1.53. The molecular formula is C15H21N5S. The maximum atomic E-state index is 5.53. The van der Waals surface area contributed by atoms with Crippen LogP contribution in [0, 0.1) is 10.7 Å². The molecule has 3 rings (SSSR count). The number of nitrogens with zero attached hydrogens (tertiary/aromatic N) is 5. The Balaban J connectivity index is 1.85. The molecule has 5 nitrogen and oxygen atoms in total. The second kappa shape index (κ2) is 6.07. The zero-order valence-electron chi connectivity index (χ0n) is 12.6. The minimum Gasteiger partial charge on any atom is -0.303 e. The third-order valence-electron chi connectivity index (χ3n) is 4.04. The molecule has 0 aromatic carbocycles. The lowest BCUT2D eigenvalue weighted by atomic mass is 10.0. The summed E-state index contributed by atoms with van der Waals surface area (Å²) in [6.07, 6.45) is 6.18. The molecule has 1 saturated heterocycles. The Morgan fingerprint density at radius 3 is 3.00 bits per heavy atom. The van der Waals surface area contributed by atoms with Gasteiger partial charge >= 0.3 is 0 Å². The normalized spacial score (nSPS) is 19.8. The molecule has 21 heavy (non-hydrogen) atoms. The average molecular weight is 303 g/mol. The summed E-state index contributed by atoms with van der Waals surface area (Å²) in [6.45, 7) is 5.34. The van der Waals surface area contributed by atoms with Gasteiger partial charge in [0, 0.05) is 31.5 Å². The Bertz CT molecular complexity index is 660. The van der Waals surface area contributed by atoms with E-state index in [0.29, 0.717) is 0 Å². The SMILES string of the molecule is C[C@H]1CCCN(Cn2nc(-c3cccnc3)n(C)c2=S)C1. The highest BCUT2D eigenvalue weighted by Gasteiger charge is 2.18. The number of likely N-dealkylation sites (tertiary alicyclic amines) is 1. The molecule has 0 amide bonds. The van der Waals surface area contributed by atoms with E-state index in [0.717, 1.165) is 41.8 Å². The van der Waals surface area contributed by atoms with E-state index in [-0.39, 0.29) is 0 Å². The molecule has 0 N–H and O–H groups in total. The predicted octanol–water partition coefficient (Wildman–Crippen LogP) is 2.70. The van der Waals surface area contributed by atoms with E-state index in [1.807, 2.05) is 34.6 Å². The van der Waals surface area contributed by atoms with Gasteiger partial charge in [-0.15, -0.1) is 0 Å². The van der Waals surface area contributed by atoms with Gasteiger partial charge in [-0.05, 0) is 49.7 Å². The summed E-state index contributed by atoms with van der Waals surface area (Å²) < 4.78 is 4.64. The highest BCUT2D eigenvalue weighted by atomic mass is 32.1. The van der Waals surface area contributed by atoms with Crippen LogP contribution < -0.4 is 0 Å². The molecule has 0 radical (unpaired) electrons. The quantitative estimate of drug-likeness (QED) is 0.817. The summed E-state index contributed by atoms with van der Waals surface area (Å²) in [5.41, 5.74) is 0.997. The highest BCUT2D eigenvalue weighted by Crippen LogP contribution is 2.18. The lowest BCUT2D eigenvalue weighted by molar-refractivity contribution is 0.138. The van der Waals surface area contributed by atoms with E-state index < -0.39 is 0 Å². The molecular weight excluding hydrogens is 282 g/mol. The van der Waals surface area contributed by atoms with Crippen LogP contribution in [0.25, 0.3) is 11.4 Å². The van der Waals surface area contributed by atoms with Crippen LogP contribution >= 0.6 is 12.2 Å². The van der Waals surface area contributed by atoms with Crippen LogP contribution in [-0.4, -0.2) is 37.3 Å². The summed E-state index contributed by atoms with van der Waals surface area (Å²) >= 11 is 5.53. The van der Waals surface area contributed by atoms with Crippen LogP contribution in [0.3, 0.4) is 0 Å². The topological polar surface area (TPSA) is 38.9 Å². The molecule has 112 valence electrons. The number of piperidine rings is 1. The van der Waals surface area contributed by atoms with Gasteiger partial charge in [-0.3, -0.25) is 9.88 Å². The number of hydrogen-bond acceptors (Lipinski definition) is 4. The summed E-state index contributed by atoms with van der Waals surface area (Å²) in [6, 6.07) is 3.93. The van der Waals surface area contributed by atoms with Crippen molar-refractivity contribution in [2.75, 3.05) is 13.1 Å². The number of pyridine rings is 1. The molecule has 1 fully saturated rings. The van der Waals surface area contributed by atoms with Crippen molar-refractivity contribution in [3.8, 4) is 11.4 Å². The molecule has 0 spiro atoms. The molecule has 1 atom stereocenters. The van der Waals surface area contributed by atoms with Crippen molar-refractivity contribution in [3.05, 3.63) is 29.3 Å². The first kappa shape index (κ1) is 14.4. The van der Waals surface area contributed by atoms with Crippen molar-refractivity contribution in [1.29, 1.82) is 0 Å². The smallest absolute Gasteiger partial charge is 0.199 e. The Morgan fingerprint density at radius 2 is 2.29 bits per heavy atom. The van der Waals surface area contributed by atoms with Gasteiger partial charge in [0.15, 0.2) is 10.6 Å². The number of hydrogen-bond donors (Lipinski definition) is 0. The van der Waals surface area contributed by atoms with Crippen molar-refractivity contribution < 1.29 is 0 Å². The number of aromatic nitrogens is 4. The molecule has 0 aliphatic carbocycles. The zero-order chi connectivity index (χ0) is 14.8. The van der Waals surface area contributed by atoms with Crippen LogP contribution in [0.15, 0.2) is 24.5 Å². The van der Waals surface area contributed by atoms with Crippen molar-refractivity contribution >= 4 is 12.2 Å². The molecule has 6 heteroatoms. The van der Waals surface area contributed by atoms with E-state index in [1.54, 1.807) is 6.20 Å². The Morgan fingerprint density at radius 1 is 1.43 bits per heavy atom. The highest BCUT2D eigenvalue weighted by molar-refractivity contribution is 7.71. The second-order valence-electron chi connectivity index (χ2n) is 5.87. The van der Waals surface area contributed by atoms with Gasteiger partial charge in [0.05, 0.1) is 6.67 Å². The van der Waals surface area contributed by atoms with Gasteiger partial charge in [-0.25, -0.2) is 4.68 Å². The number of rotatable bonds is 3. The lowest BCUT2D eigenvalue weighted by Crippen LogP contribution is -2.36. The van der Waals surface area contributed by atoms with Gasteiger partial charge in [-0.2, -0.15) is 5.10 Å². The summed E-state index contributed by atoms with van der Waals surface area (Å²) in [5, 5.41) is 4.69. The fourth-order valence-corrected chi connectivity index (χ4v) is 3.12. The third-order valence-corrected chi connectivity index (χ3v) is 4.52. The van der Waals surface area contributed by atoms with E-state index in [4.69, 9.17) is 17.3 Å². The second-order valence-corrected chi connectivity index (χ2v) is 6.24. The zero-order valence-corrected chi connectivity index (χ0v) is 13.4. The summed E-state index contributed by atoms with van der Waals surface area (Å²) in [5.74, 6) is 1.63. The molecule has 3 heterocycles. The first-order chi connectivity index (χ1) is 10.1. The standard InChI is InChI=1S/C15H21N5S/c1-12-5-4-8-19(10-12)11-20-15(21)18(2)14(17-20)13-6-3-7-16-9-13/h3,6-7,9,12H,4-5,8,10-11H2,1-2H3/t12-/m0/s1. The fraction of sp³-hybridized carbons (Fsp3) is 0.533.